The Morgan fingerprint density at radius 1 is 0.912 bits per heavy atom. The van der Waals surface area contributed by atoms with E-state index in [-0.39, 0.29) is 29.6 Å². The van der Waals surface area contributed by atoms with Crippen LogP contribution in [0.2, 0.25) is 0 Å². The second-order valence-corrected chi connectivity index (χ2v) is 10.6. The van der Waals surface area contributed by atoms with Gasteiger partial charge in [-0.1, -0.05) is 38.5 Å². The molecule has 0 aromatic heterocycles. The number of amides is 4. The van der Waals surface area contributed by atoms with Gasteiger partial charge in [-0.3, -0.25) is 19.2 Å². The molecule has 0 aromatic carbocycles. The van der Waals surface area contributed by atoms with E-state index in [2.05, 4.69) is 10.6 Å². The number of nitrogens with zero attached hydrogens (tertiary/aromatic N) is 1. The van der Waals surface area contributed by atoms with Crippen molar-refractivity contribution in [1.29, 1.82) is 0 Å². The molecule has 1 heterocycles. The van der Waals surface area contributed by atoms with E-state index in [1.807, 2.05) is 0 Å². The average Bonchev–Trinajstić information content (AvgIpc) is 3.38. The fraction of sp³-hybridized carbons (Fsp3) is 0.792. The molecular formula is C24H36N4O6. The molecule has 1 unspecified atom stereocenters. The predicted octanol–water partition coefficient (Wildman–Crippen LogP) is 1.17. The molecule has 0 bridgehead atoms. The quantitative estimate of drug-likeness (QED) is 0.366. The molecule has 34 heavy (non-hydrogen) atoms. The number of carbonyl (C=O) groups excluding carboxylic acids is 4. The normalized spacial score (nSPS) is 28.6. The zero-order valence-corrected chi connectivity index (χ0v) is 19.5. The van der Waals surface area contributed by atoms with E-state index in [1.54, 1.807) is 4.90 Å². The highest BCUT2D eigenvalue weighted by Gasteiger charge is 2.52. The Kier molecular flexibility index (Phi) is 7.42. The van der Waals surface area contributed by atoms with Crippen LogP contribution in [-0.4, -0.2) is 64.3 Å². The van der Waals surface area contributed by atoms with Crippen LogP contribution in [0.1, 0.15) is 70.6 Å². The van der Waals surface area contributed by atoms with Crippen LogP contribution in [0.4, 0.5) is 4.79 Å². The number of carboxylic acid groups (broad SMARTS) is 1. The summed E-state index contributed by atoms with van der Waals surface area (Å²) in [5.74, 6) is -2.37. The molecule has 3 aliphatic carbocycles. The van der Waals surface area contributed by atoms with Crippen LogP contribution in [0.5, 0.6) is 0 Å². The van der Waals surface area contributed by atoms with Crippen molar-refractivity contribution in [1.82, 2.24) is 15.5 Å². The summed E-state index contributed by atoms with van der Waals surface area (Å²) in [5.41, 5.74) is 5.22. The predicted molar refractivity (Wildman–Crippen MR) is 121 cm³/mol. The molecule has 4 aliphatic rings. The second-order valence-electron chi connectivity index (χ2n) is 10.6. The number of nitrogens with one attached hydrogen (secondary N) is 2. The van der Waals surface area contributed by atoms with Crippen molar-refractivity contribution in [3.8, 4) is 0 Å². The maximum absolute atomic E-state index is 13.7. The van der Waals surface area contributed by atoms with Gasteiger partial charge in [0.2, 0.25) is 17.6 Å². The van der Waals surface area contributed by atoms with Crippen molar-refractivity contribution in [2.24, 2.45) is 29.4 Å². The molecule has 4 rings (SSSR count). The highest BCUT2D eigenvalue weighted by atomic mass is 16.4. The van der Waals surface area contributed by atoms with Gasteiger partial charge in [0.15, 0.2) is 0 Å². The molecular weight excluding hydrogens is 440 g/mol. The minimum atomic E-state index is -1.25. The van der Waals surface area contributed by atoms with Crippen molar-refractivity contribution in [3.05, 3.63) is 0 Å². The number of nitrogens with two attached hydrogens (primary N) is 1. The molecule has 10 nitrogen and oxygen atoms in total. The fourth-order valence-corrected chi connectivity index (χ4v) is 6.38. The van der Waals surface area contributed by atoms with Gasteiger partial charge in [-0.15, -0.1) is 0 Å². The molecule has 0 aromatic rings. The van der Waals surface area contributed by atoms with Crippen molar-refractivity contribution < 1.29 is 29.1 Å². The van der Waals surface area contributed by atoms with E-state index in [9.17, 15) is 29.1 Å². The lowest BCUT2D eigenvalue weighted by Crippen LogP contribution is -2.58. The molecule has 4 amide bonds. The number of rotatable bonds is 9. The first kappa shape index (κ1) is 24.5. The summed E-state index contributed by atoms with van der Waals surface area (Å²) < 4.78 is 0. The molecule has 5 N–H and O–H groups in total. The Bertz CT molecular complexity index is 837. The summed E-state index contributed by atoms with van der Waals surface area (Å²) in [6, 6.07) is -2.65. The van der Waals surface area contributed by atoms with Gasteiger partial charge in [-0.25, -0.2) is 4.79 Å². The summed E-state index contributed by atoms with van der Waals surface area (Å²) in [5, 5.41) is 14.6. The van der Waals surface area contributed by atoms with Crippen LogP contribution < -0.4 is 16.4 Å². The standard InChI is InChI=1S/C24H36N4O6/c25-21(30)20(29)17(11-13-9-10-13)26-22(31)19-16-8-4-7-15(16)12-28(19)23(32)18(27-24(33)34)14-5-2-1-3-6-14/h13-19,27H,1-12H2,(H2,25,30)(H,26,31)(H,33,34)/t15-,16-,17?,18-,19-/m0/s1. The number of fused-ring (bicyclic) bond motifs is 1. The number of Topliss-reactive ketones (excluding diaryl/α,β-unsaturated/α-hetero) is 1. The lowest BCUT2D eigenvalue weighted by molar-refractivity contribution is -0.144. The summed E-state index contributed by atoms with van der Waals surface area (Å²) in [7, 11) is 0. The first-order valence-electron chi connectivity index (χ1n) is 12.7. The second kappa shape index (κ2) is 10.3. The van der Waals surface area contributed by atoms with Crippen molar-refractivity contribution >= 4 is 29.6 Å². The number of carbonyl (C=O) groups is 5. The van der Waals surface area contributed by atoms with Crippen LogP contribution in [0.3, 0.4) is 0 Å². The van der Waals surface area contributed by atoms with Crippen molar-refractivity contribution in [2.75, 3.05) is 6.54 Å². The molecule has 0 spiro atoms. The smallest absolute Gasteiger partial charge is 0.405 e. The number of likely N-dealkylation sites (tertiary alicyclic amines) is 1. The largest absolute Gasteiger partial charge is 0.465 e. The van der Waals surface area contributed by atoms with Crippen molar-refractivity contribution in [2.45, 2.75) is 88.8 Å². The minimum Gasteiger partial charge on any atom is -0.465 e. The van der Waals surface area contributed by atoms with Crippen molar-refractivity contribution in [3.63, 3.8) is 0 Å². The lowest BCUT2D eigenvalue weighted by Gasteiger charge is -2.35. The van der Waals surface area contributed by atoms with E-state index in [1.165, 1.54) is 0 Å². The topological polar surface area (TPSA) is 159 Å². The molecule has 0 radical (unpaired) electrons. The van der Waals surface area contributed by atoms with Crippen LogP contribution in [-0.2, 0) is 19.2 Å². The number of hydrogen-bond acceptors (Lipinski definition) is 5. The maximum Gasteiger partial charge on any atom is 0.405 e. The first-order valence-corrected chi connectivity index (χ1v) is 12.7. The van der Waals surface area contributed by atoms with Gasteiger partial charge in [0.1, 0.15) is 12.1 Å². The highest BCUT2D eigenvalue weighted by Crippen LogP contribution is 2.43. The maximum atomic E-state index is 13.7. The zero-order valence-electron chi connectivity index (χ0n) is 19.5. The van der Waals surface area contributed by atoms with E-state index >= 15 is 0 Å². The Balaban J connectivity index is 1.54. The Hall–Kier alpha value is -2.65. The number of hydrogen-bond donors (Lipinski definition) is 4. The molecule has 1 saturated heterocycles. The molecule has 10 heteroatoms. The fourth-order valence-electron chi connectivity index (χ4n) is 6.38. The third-order valence-corrected chi connectivity index (χ3v) is 8.25. The molecule has 4 fully saturated rings. The van der Waals surface area contributed by atoms with Gasteiger partial charge in [0.05, 0.1) is 6.04 Å². The van der Waals surface area contributed by atoms with Crippen LogP contribution in [0, 0.1) is 23.7 Å². The highest BCUT2D eigenvalue weighted by molar-refractivity contribution is 6.37. The van der Waals surface area contributed by atoms with Gasteiger partial charge in [-0.2, -0.15) is 0 Å². The van der Waals surface area contributed by atoms with E-state index < -0.39 is 41.8 Å². The van der Waals surface area contributed by atoms with E-state index in [4.69, 9.17) is 5.73 Å². The Morgan fingerprint density at radius 2 is 1.62 bits per heavy atom. The van der Waals surface area contributed by atoms with Crippen LogP contribution >= 0.6 is 0 Å². The third-order valence-electron chi connectivity index (χ3n) is 8.25. The first-order chi connectivity index (χ1) is 16.3. The number of primary amides is 1. The van der Waals surface area contributed by atoms with Gasteiger partial charge >= 0.3 is 6.09 Å². The summed E-state index contributed by atoms with van der Waals surface area (Å²) in [6.07, 6.45) is 8.18. The Labute approximate surface area is 199 Å². The van der Waals surface area contributed by atoms with Gasteiger partial charge in [-0.05, 0) is 55.8 Å². The Morgan fingerprint density at radius 3 is 2.24 bits per heavy atom. The average molecular weight is 477 g/mol. The van der Waals surface area contributed by atoms with E-state index in [0.29, 0.717) is 13.0 Å². The van der Waals surface area contributed by atoms with Gasteiger partial charge in [0, 0.05) is 6.54 Å². The minimum absolute atomic E-state index is 0.0361. The SMILES string of the molecule is NC(=O)C(=O)C(CC1CC1)NC(=O)[C@@H]1[C@H]2CCC[C@H]2CN1C(=O)[C@@H](NC(=O)O)C1CCCCC1. The summed E-state index contributed by atoms with van der Waals surface area (Å²) in [6.45, 7) is 0.406. The third kappa shape index (κ3) is 5.36. The molecule has 1 aliphatic heterocycles. The van der Waals surface area contributed by atoms with E-state index in [0.717, 1.165) is 64.2 Å². The zero-order chi connectivity index (χ0) is 24.4. The van der Waals surface area contributed by atoms with Crippen LogP contribution in [0.15, 0.2) is 0 Å². The van der Waals surface area contributed by atoms with Gasteiger partial charge < -0.3 is 26.4 Å². The number of ketones is 1. The van der Waals surface area contributed by atoms with Gasteiger partial charge in [0.25, 0.3) is 5.91 Å². The molecule has 3 saturated carbocycles. The lowest BCUT2D eigenvalue weighted by atomic mass is 9.83. The molecule has 5 atom stereocenters. The van der Waals surface area contributed by atoms with Crippen LogP contribution in [0.25, 0.3) is 0 Å². The monoisotopic (exact) mass is 476 g/mol. The summed E-state index contributed by atoms with van der Waals surface area (Å²) >= 11 is 0. The summed E-state index contributed by atoms with van der Waals surface area (Å²) in [4.78, 5) is 64.3. The molecule has 188 valence electrons.